The summed E-state index contributed by atoms with van der Waals surface area (Å²) in [7, 11) is 0. The van der Waals surface area contributed by atoms with Crippen LogP contribution < -0.4 is 16.6 Å². The van der Waals surface area contributed by atoms with Crippen LogP contribution in [-0.4, -0.2) is 28.3 Å². The van der Waals surface area contributed by atoms with Crippen molar-refractivity contribution in [3.05, 3.63) is 82.9 Å². The lowest BCUT2D eigenvalue weighted by atomic mass is 10.1. The van der Waals surface area contributed by atoms with Gasteiger partial charge in [0.2, 0.25) is 0 Å². The molecular weight excluding hydrogens is 409 g/mol. The van der Waals surface area contributed by atoms with Gasteiger partial charge in [-0.3, -0.25) is 24.1 Å². The van der Waals surface area contributed by atoms with Crippen molar-refractivity contribution in [2.24, 2.45) is 10.7 Å². The van der Waals surface area contributed by atoms with E-state index in [-0.39, 0.29) is 5.56 Å². The summed E-state index contributed by atoms with van der Waals surface area (Å²) < 4.78 is 14.3. The van der Waals surface area contributed by atoms with Crippen LogP contribution in [0.2, 0.25) is 0 Å². The van der Waals surface area contributed by atoms with E-state index in [1.807, 2.05) is 18.2 Å². The summed E-state index contributed by atoms with van der Waals surface area (Å²) in [6.07, 6.45) is 6.27. The van der Waals surface area contributed by atoms with Crippen LogP contribution in [-0.2, 0) is 4.79 Å². The fourth-order valence-electron chi connectivity index (χ4n) is 3.48. The molecule has 0 unspecified atom stereocenters. The highest BCUT2D eigenvalue weighted by Crippen LogP contribution is 2.29. The molecule has 2 aromatic heterocycles. The Morgan fingerprint density at radius 1 is 1.22 bits per heavy atom. The number of nitrogens with zero attached hydrogens (tertiary/aromatic N) is 3. The molecule has 0 bridgehead atoms. The number of hydrogen-bond donors (Lipinski definition) is 2. The fourth-order valence-corrected chi connectivity index (χ4v) is 3.48. The van der Waals surface area contributed by atoms with Crippen LogP contribution in [0.1, 0.15) is 5.56 Å². The monoisotopic (exact) mass is 429 g/mol. The van der Waals surface area contributed by atoms with Gasteiger partial charge in [-0.25, -0.2) is 4.39 Å². The third-order valence-electron chi connectivity index (χ3n) is 5.00. The number of aryl methyl sites for hydroxylation is 1. The lowest BCUT2D eigenvalue weighted by Crippen LogP contribution is -2.19. The van der Waals surface area contributed by atoms with Crippen molar-refractivity contribution in [2.75, 3.05) is 12.0 Å². The number of alkyl halides is 1. The Morgan fingerprint density at radius 3 is 2.84 bits per heavy atom. The predicted molar refractivity (Wildman–Crippen MR) is 126 cm³/mol. The molecule has 4 rings (SSSR count). The van der Waals surface area contributed by atoms with E-state index >= 15 is 0 Å². The van der Waals surface area contributed by atoms with E-state index in [2.05, 4.69) is 15.3 Å². The fraction of sp³-hybridized carbons (Fsp3) is 0.0833. The van der Waals surface area contributed by atoms with Gasteiger partial charge < -0.3 is 11.1 Å². The number of anilines is 1. The Bertz CT molecular complexity index is 1460. The lowest BCUT2D eigenvalue weighted by Gasteiger charge is -2.15. The number of fused-ring (bicyclic) bond motifs is 3. The van der Waals surface area contributed by atoms with E-state index in [1.54, 1.807) is 54.2 Å². The van der Waals surface area contributed by atoms with Crippen molar-refractivity contribution in [2.45, 2.75) is 6.92 Å². The van der Waals surface area contributed by atoms with Gasteiger partial charge in [0.05, 0.1) is 22.4 Å². The topological polar surface area (TPSA) is 102 Å². The van der Waals surface area contributed by atoms with E-state index in [4.69, 9.17) is 5.73 Å². The summed E-state index contributed by atoms with van der Waals surface area (Å²) in [6, 6.07) is 13.9. The molecule has 7 nitrogen and oxygen atoms in total. The number of hydrogen-bond acceptors (Lipinski definition) is 5. The molecule has 0 saturated carbocycles. The second-order valence-electron chi connectivity index (χ2n) is 7.11. The van der Waals surface area contributed by atoms with Gasteiger partial charge in [-0.1, -0.05) is 6.07 Å². The summed E-state index contributed by atoms with van der Waals surface area (Å²) in [5.41, 5.74) is 8.85. The molecule has 0 spiro atoms. The van der Waals surface area contributed by atoms with E-state index in [1.165, 1.54) is 12.3 Å². The molecule has 4 aromatic rings. The maximum Gasteiger partial charge on any atom is 0.255 e. The van der Waals surface area contributed by atoms with Gasteiger partial charge in [-0.05, 0) is 61.2 Å². The third kappa shape index (κ3) is 3.98. The molecule has 0 aliphatic rings. The second kappa shape index (κ2) is 8.81. The number of carbonyl (C=O) groups excluding carboxylic acids is 1. The molecule has 160 valence electrons. The van der Waals surface area contributed by atoms with Crippen LogP contribution in [0.25, 0.3) is 27.5 Å². The van der Waals surface area contributed by atoms with Gasteiger partial charge in [-0.2, -0.15) is 0 Å². The van der Waals surface area contributed by atoms with Crippen LogP contribution in [0.4, 0.5) is 15.8 Å². The van der Waals surface area contributed by atoms with E-state index < -0.39 is 12.6 Å². The Balaban J connectivity index is 2.00. The normalized spacial score (nSPS) is 11.7. The van der Waals surface area contributed by atoms with Crippen LogP contribution in [0, 0.1) is 6.92 Å². The third-order valence-corrected chi connectivity index (χ3v) is 5.00. The highest BCUT2D eigenvalue weighted by atomic mass is 19.1. The zero-order valence-corrected chi connectivity index (χ0v) is 17.2. The SMILES string of the molecule is Cc1ccc(-n2c(=O)ccc3cnc4ccc(N=CC=CN)cc4c32)cc1NC(=O)CF. The largest absolute Gasteiger partial charge is 0.405 e. The second-order valence-corrected chi connectivity index (χ2v) is 7.11. The van der Waals surface area contributed by atoms with Gasteiger partial charge >= 0.3 is 0 Å². The molecule has 0 fully saturated rings. The van der Waals surface area contributed by atoms with Crippen molar-refractivity contribution < 1.29 is 9.18 Å². The van der Waals surface area contributed by atoms with Crippen molar-refractivity contribution in [3.8, 4) is 5.69 Å². The minimum Gasteiger partial charge on any atom is -0.405 e. The number of halogens is 1. The number of pyridine rings is 2. The van der Waals surface area contributed by atoms with Gasteiger partial charge in [-0.15, -0.1) is 0 Å². The number of nitrogens with one attached hydrogen (secondary N) is 1. The highest BCUT2D eigenvalue weighted by Gasteiger charge is 2.13. The molecule has 0 radical (unpaired) electrons. The summed E-state index contributed by atoms with van der Waals surface area (Å²) in [6.45, 7) is 0.666. The molecular formula is C24H20FN5O2. The van der Waals surface area contributed by atoms with E-state index in [9.17, 15) is 14.0 Å². The molecule has 0 aliphatic carbocycles. The van der Waals surface area contributed by atoms with Gasteiger partial charge in [0.15, 0.2) is 6.67 Å². The number of carbonyl (C=O) groups is 1. The van der Waals surface area contributed by atoms with Gasteiger partial charge in [0, 0.05) is 34.9 Å². The maximum atomic E-state index is 13.0. The quantitative estimate of drug-likeness (QED) is 0.371. The predicted octanol–water partition coefficient (Wildman–Crippen LogP) is 3.93. The minimum absolute atomic E-state index is 0.253. The number of aromatic nitrogens is 2. The molecule has 2 aromatic carbocycles. The van der Waals surface area contributed by atoms with Crippen molar-refractivity contribution in [3.63, 3.8) is 0 Å². The summed E-state index contributed by atoms with van der Waals surface area (Å²) in [5.74, 6) is -0.751. The first-order valence-corrected chi connectivity index (χ1v) is 9.84. The Kier molecular flexibility index (Phi) is 5.76. The van der Waals surface area contributed by atoms with Gasteiger partial charge in [0.1, 0.15) is 0 Å². The molecule has 32 heavy (non-hydrogen) atoms. The average molecular weight is 429 g/mol. The number of allylic oxidation sites excluding steroid dienone is 1. The van der Waals surface area contributed by atoms with Crippen LogP contribution in [0.3, 0.4) is 0 Å². The molecule has 0 saturated heterocycles. The minimum atomic E-state index is -1.13. The van der Waals surface area contributed by atoms with E-state index in [0.29, 0.717) is 28.1 Å². The number of aliphatic imine (C=N–C) groups is 1. The Morgan fingerprint density at radius 2 is 2.06 bits per heavy atom. The zero-order chi connectivity index (χ0) is 22.7. The number of nitrogens with two attached hydrogens (primary N) is 1. The lowest BCUT2D eigenvalue weighted by molar-refractivity contribution is -0.117. The van der Waals surface area contributed by atoms with Gasteiger partial charge in [0.25, 0.3) is 11.5 Å². The standard InChI is InChI=1S/C24H20FN5O2/c1-15-3-6-18(12-21(15)29-22(31)13-25)30-23(32)8-4-16-14-28-20-7-5-17(27-10-2-9-26)11-19(20)24(16)30/h2-12,14H,13,26H2,1H3,(H,29,31). The van der Waals surface area contributed by atoms with Crippen LogP contribution >= 0.6 is 0 Å². The van der Waals surface area contributed by atoms with Crippen LogP contribution in [0.5, 0.6) is 0 Å². The summed E-state index contributed by atoms with van der Waals surface area (Å²) in [4.78, 5) is 33.4. The van der Waals surface area contributed by atoms with Crippen molar-refractivity contribution in [1.82, 2.24) is 9.55 Å². The summed E-state index contributed by atoms with van der Waals surface area (Å²) >= 11 is 0. The highest BCUT2D eigenvalue weighted by molar-refractivity contribution is 6.05. The molecule has 8 heteroatoms. The molecule has 2 heterocycles. The average Bonchev–Trinajstić information content (AvgIpc) is 2.80. The number of rotatable bonds is 5. The molecule has 0 atom stereocenters. The Labute approximate surface area is 182 Å². The van der Waals surface area contributed by atoms with Crippen molar-refractivity contribution in [1.29, 1.82) is 0 Å². The first kappa shape index (κ1) is 20.9. The number of benzene rings is 2. The first-order chi connectivity index (χ1) is 15.5. The Hall–Kier alpha value is -4.33. The molecule has 0 aliphatic heterocycles. The first-order valence-electron chi connectivity index (χ1n) is 9.84. The zero-order valence-electron chi connectivity index (χ0n) is 17.2. The smallest absolute Gasteiger partial charge is 0.255 e. The van der Waals surface area contributed by atoms with E-state index in [0.717, 1.165) is 16.3 Å². The molecule has 3 N–H and O–H groups in total. The van der Waals surface area contributed by atoms with Crippen molar-refractivity contribution >= 4 is 45.3 Å². The maximum absolute atomic E-state index is 13.0. The van der Waals surface area contributed by atoms with Crippen LogP contribution in [0.15, 0.2) is 76.8 Å². The molecule has 1 amide bonds. The summed E-state index contributed by atoms with van der Waals surface area (Å²) in [5, 5.41) is 4.03. The number of amides is 1.